The summed E-state index contributed by atoms with van der Waals surface area (Å²) < 4.78 is 0. The number of hydrogen-bond acceptors (Lipinski definition) is 3. The molecule has 1 aromatic heterocycles. The van der Waals surface area contributed by atoms with Gasteiger partial charge < -0.3 is 10.6 Å². The van der Waals surface area contributed by atoms with Crippen LogP contribution in [0.2, 0.25) is 0 Å². The average molecular weight is 247 g/mol. The van der Waals surface area contributed by atoms with Crippen molar-refractivity contribution in [3.8, 4) is 0 Å². The van der Waals surface area contributed by atoms with Crippen molar-refractivity contribution in [3.05, 3.63) is 30.1 Å². The Morgan fingerprint density at radius 3 is 2.78 bits per heavy atom. The lowest BCUT2D eigenvalue weighted by Gasteiger charge is -2.29. The van der Waals surface area contributed by atoms with Crippen LogP contribution in [0.3, 0.4) is 0 Å². The quantitative estimate of drug-likeness (QED) is 0.887. The Balaban J connectivity index is 1.87. The first-order valence-corrected chi connectivity index (χ1v) is 6.83. The van der Waals surface area contributed by atoms with Crippen molar-refractivity contribution >= 4 is 0 Å². The second kappa shape index (κ2) is 5.37. The van der Waals surface area contributed by atoms with Gasteiger partial charge in [-0.25, -0.2) is 0 Å². The smallest absolute Gasteiger partial charge is 0.0543 e. The maximum Gasteiger partial charge on any atom is 0.0543 e. The third-order valence-corrected chi connectivity index (χ3v) is 4.27. The van der Waals surface area contributed by atoms with Crippen molar-refractivity contribution in [2.45, 2.75) is 39.3 Å². The molecule has 1 fully saturated rings. The normalized spacial score (nSPS) is 26.7. The SMILES string of the molecule is CN(Cc1ccccn1)CC1CCC(C)(C)C1N. The first kappa shape index (κ1) is 13.5. The average Bonchev–Trinajstić information content (AvgIpc) is 2.57. The van der Waals surface area contributed by atoms with Gasteiger partial charge in [-0.1, -0.05) is 19.9 Å². The fraction of sp³-hybridized carbons (Fsp3) is 0.667. The van der Waals surface area contributed by atoms with Gasteiger partial charge in [-0.3, -0.25) is 4.98 Å². The van der Waals surface area contributed by atoms with E-state index in [0.717, 1.165) is 18.8 Å². The van der Waals surface area contributed by atoms with Crippen LogP contribution in [0.1, 0.15) is 32.4 Å². The number of aromatic nitrogens is 1. The molecule has 2 unspecified atom stereocenters. The first-order valence-electron chi connectivity index (χ1n) is 6.83. The summed E-state index contributed by atoms with van der Waals surface area (Å²) in [5.41, 5.74) is 7.79. The van der Waals surface area contributed by atoms with Crippen molar-refractivity contribution < 1.29 is 0 Å². The Labute approximate surface area is 110 Å². The molecule has 0 bridgehead atoms. The molecule has 1 saturated carbocycles. The van der Waals surface area contributed by atoms with Crippen LogP contribution in [0.25, 0.3) is 0 Å². The van der Waals surface area contributed by atoms with Crippen LogP contribution in [0.5, 0.6) is 0 Å². The van der Waals surface area contributed by atoms with Gasteiger partial charge in [0.05, 0.1) is 5.69 Å². The predicted molar refractivity (Wildman–Crippen MR) is 75.1 cm³/mol. The second-order valence-corrected chi connectivity index (χ2v) is 6.33. The van der Waals surface area contributed by atoms with Crippen LogP contribution in [0.15, 0.2) is 24.4 Å². The zero-order valence-corrected chi connectivity index (χ0v) is 11.8. The maximum absolute atomic E-state index is 6.36. The molecule has 100 valence electrons. The molecule has 0 aliphatic heterocycles. The Morgan fingerprint density at radius 2 is 2.22 bits per heavy atom. The molecule has 1 aliphatic rings. The van der Waals surface area contributed by atoms with Crippen molar-refractivity contribution in [2.24, 2.45) is 17.1 Å². The van der Waals surface area contributed by atoms with Gasteiger partial charge >= 0.3 is 0 Å². The summed E-state index contributed by atoms with van der Waals surface area (Å²) in [5, 5.41) is 0. The lowest BCUT2D eigenvalue weighted by Crippen LogP contribution is -2.41. The third-order valence-electron chi connectivity index (χ3n) is 4.27. The molecule has 0 radical (unpaired) electrons. The number of pyridine rings is 1. The predicted octanol–water partition coefficient (Wildman–Crippen LogP) is 2.28. The van der Waals surface area contributed by atoms with E-state index in [-0.39, 0.29) is 0 Å². The van der Waals surface area contributed by atoms with Crippen molar-refractivity contribution in [2.75, 3.05) is 13.6 Å². The van der Waals surface area contributed by atoms with Gasteiger partial charge in [-0.2, -0.15) is 0 Å². The van der Waals surface area contributed by atoms with Crippen LogP contribution in [0, 0.1) is 11.3 Å². The summed E-state index contributed by atoms with van der Waals surface area (Å²) in [6.45, 7) is 6.55. The van der Waals surface area contributed by atoms with E-state index >= 15 is 0 Å². The highest BCUT2D eigenvalue weighted by Gasteiger charge is 2.39. The summed E-state index contributed by atoms with van der Waals surface area (Å²) in [5.74, 6) is 0.619. The minimum Gasteiger partial charge on any atom is -0.327 e. The van der Waals surface area contributed by atoms with Gasteiger partial charge in [0.25, 0.3) is 0 Å². The van der Waals surface area contributed by atoms with Gasteiger partial charge in [0, 0.05) is 25.3 Å². The highest BCUT2D eigenvalue weighted by molar-refractivity contribution is 5.03. The molecule has 0 spiro atoms. The van der Waals surface area contributed by atoms with E-state index in [1.165, 1.54) is 12.8 Å². The summed E-state index contributed by atoms with van der Waals surface area (Å²) >= 11 is 0. The van der Waals surface area contributed by atoms with Gasteiger partial charge in [0.15, 0.2) is 0 Å². The Bertz CT molecular complexity index is 375. The van der Waals surface area contributed by atoms with E-state index in [1.807, 2.05) is 18.3 Å². The summed E-state index contributed by atoms with van der Waals surface area (Å²) in [7, 11) is 2.16. The summed E-state index contributed by atoms with van der Waals surface area (Å²) in [6, 6.07) is 6.40. The number of rotatable bonds is 4. The highest BCUT2D eigenvalue weighted by Crippen LogP contribution is 2.40. The van der Waals surface area contributed by atoms with E-state index in [4.69, 9.17) is 5.73 Å². The zero-order chi connectivity index (χ0) is 13.2. The molecular formula is C15H25N3. The molecule has 1 aromatic rings. The lowest BCUT2D eigenvalue weighted by molar-refractivity contribution is 0.228. The molecule has 0 saturated heterocycles. The zero-order valence-electron chi connectivity index (χ0n) is 11.8. The number of hydrogen-bond donors (Lipinski definition) is 1. The lowest BCUT2D eigenvalue weighted by atomic mass is 9.85. The monoisotopic (exact) mass is 247 g/mol. The topological polar surface area (TPSA) is 42.2 Å². The third kappa shape index (κ3) is 3.09. The number of nitrogens with two attached hydrogens (primary N) is 1. The molecule has 2 rings (SSSR count). The van der Waals surface area contributed by atoms with Crippen LogP contribution in [-0.4, -0.2) is 29.5 Å². The molecule has 3 nitrogen and oxygen atoms in total. The molecular weight excluding hydrogens is 222 g/mol. The number of nitrogens with zero attached hydrogens (tertiary/aromatic N) is 2. The van der Waals surface area contributed by atoms with E-state index in [2.05, 4.69) is 36.8 Å². The highest BCUT2D eigenvalue weighted by atomic mass is 15.1. The molecule has 2 N–H and O–H groups in total. The van der Waals surface area contributed by atoms with E-state index < -0.39 is 0 Å². The standard InChI is InChI=1S/C15H25N3/c1-15(2)8-7-12(14(15)16)10-18(3)11-13-6-4-5-9-17-13/h4-6,9,12,14H,7-8,10-11,16H2,1-3H3. The molecule has 3 heteroatoms. The van der Waals surface area contributed by atoms with Crippen LogP contribution in [-0.2, 0) is 6.54 Å². The second-order valence-electron chi connectivity index (χ2n) is 6.33. The fourth-order valence-corrected chi connectivity index (χ4v) is 2.98. The van der Waals surface area contributed by atoms with Crippen molar-refractivity contribution in [3.63, 3.8) is 0 Å². The Kier molecular flexibility index (Phi) is 4.03. The van der Waals surface area contributed by atoms with E-state index in [0.29, 0.717) is 17.4 Å². The van der Waals surface area contributed by atoms with Gasteiger partial charge in [0.1, 0.15) is 0 Å². The molecule has 2 atom stereocenters. The molecule has 1 heterocycles. The van der Waals surface area contributed by atoms with Crippen LogP contribution < -0.4 is 5.73 Å². The summed E-state index contributed by atoms with van der Waals surface area (Å²) in [6.07, 6.45) is 4.35. The first-order chi connectivity index (χ1) is 8.49. The van der Waals surface area contributed by atoms with Crippen molar-refractivity contribution in [1.82, 2.24) is 9.88 Å². The van der Waals surface area contributed by atoms with E-state index in [9.17, 15) is 0 Å². The van der Waals surface area contributed by atoms with Gasteiger partial charge in [0.2, 0.25) is 0 Å². The largest absolute Gasteiger partial charge is 0.327 e. The molecule has 1 aliphatic carbocycles. The maximum atomic E-state index is 6.36. The van der Waals surface area contributed by atoms with Crippen LogP contribution in [0.4, 0.5) is 0 Å². The van der Waals surface area contributed by atoms with Crippen LogP contribution >= 0.6 is 0 Å². The Morgan fingerprint density at radius 1 is 1.44 bits per heavy atom. The fourth-order valence-electron chi connectivity index (χ4n) is 2.98. The van der Waals surface area contributed by atoms with Gasteiger partial charge in [-0.15, -0.1) is 0 Å². The Hall–Kier alpha value is -0.930. The summed E-state index contributed by atoms with van der Waals surface area (Å²) in [4.78, 5) is 6.71. The van der Waals surface area contributed by atoms with Crippen molar-refractivity contribution in [1.29, 1.82) is 0 Å². The molecule has 0 aromatic carbocycles. The van der Waals surface area contributed by atoms with E-state index in [1.54, 1.807) is 0 Å². The minimum atomic E-state index is 0.302. The molecule has 0 amide bonds. The molecule has 18 heavy (non-hydrogen) atoms. The minimum absolute atomic E-state index is 0.302. The van der Waals surface area contributed by atoms with Gasteiger partial charge in [-0.05, 0) is 43.4 Å².